The zero-order valence-corrected chi connectivity index (χ0v) is 12.1. The third-order valence-electron chi connectivity index (χ3n) is 2.31. The molecule has 18 heavy (non-hydrogen) atoms. The van der Waals surface area contributed by atoms with Crippen LogP contribution in [0.15, 0.2) is 17.0 Å². The standard InChI is InChI=1S/C11H17ClN2O3S/c1-7(2)14-6-8-4-9(12)5-10(11(8)17-3)18(13,15)16/h4-5,7,14H,6H2,1-3H3,(H2,13,15,16). The SMILES string of the molecule is COc1c(CNC(C)C)cc(Cl)cc1S(N)(=O)=O. The average molecular weight is 293 g/mol. The van der Waals surface area contributed by atoms with E-state index >= 15 is 0 Å². The van der Waals surface area contributed by atoms with E-state index in [2.05, 4.69) is 5.32 Å². The topological polar surface area (TPSA) is 81.4 Å². The molecule has 0 saturated heterocycles. The van der Waals surface area contributed by atoms with Crippen molar-refractivity contribution >= 4 is 21.6 Å². The summed E-state index contributed by atoms with van der Waals surface area (Å²) < 4.78 is 28.1. The van der Waals surface area contributed by atoms with E-state index in [-0.39, 0.29) is 16.7 Å². The van der Waals surface area contributed by atoms with E-state index in [4.69, 9.17) is 21.5 Å². The minimum absolute atomic E-state index is 0.0990. The molecule has 0 aromatic heterocycles. The highest BCUT2D eigenvalue weighted by atomic mass is 35.5. The normalized spacial score (nSPS) is 11.9. The number of ether oxygens (including phenoxy) is 1. The van der Waals surface area contributed by atoms with Gasteiger partial charge in [0.2, 0.25) is 10.0 Å². The first-order chi connectivity index (χ1) is 8.25. The molecule has 0 bridgehead atoms. The van der Waals surface area contributed by atoms with Gasteiger partial charge in [0.15, 0.2) is 0 Å². The van der Waals surface area contributed by atoms with Crippen LogP contribution >= 0.6 is 11.6 Å². The zero-order chi connectivity index (χ0) is 13.9. The molecule has 0 amide bonds. The van der Waals surface area contributed by atoms with Gasteiger partial charge in [-0.25, -0.2) is 13.6 Å². The highest BCUT2D eigenvalue weighted by molar-refractivity contribution is 7.89. The van der Waals surface area contributed by atoms with Crippen LogP contribution in [-0.4, -0.2) is 21.6 Å². The van der Waals surface area contributed by atoms with E-state index in [1.54, 1.807) is 6.07 Å². The van der Waals surface area contributed by atoms with Gasteiger partial charge in [-0.05, 0) is 12.1 Å². The second-order valence-corrected chi connectivity index (χ2v) is 6.14. The lowest BCUT2D eigenvalue weighted by Gasteiger charge is -2.15. The van der Waals surface area contributed by atoms with E-state index in [1.165, 1.54) is 13.2 Å². The second kappa shape index (κ2) is 5.88. The largest absolute Gasteiger partial charge is 0.495 e. The van der Waals surface area contributed by atoms with E-state index in [0.717, 1.165) is 0 Å². The number of nitrogens with one attached hydrogen (secondary N) is 1. The second-order valence-electron chi connectivity index (χ2n) is 4.18. The van der Waals surface area contributed by atoms with Gasteiger partial charge < -0.3 is 10.1 Å². The third kappa shape index (κ3) is 3.84. The average Bonchev–Trinajstić information content (AvgIpc) is 2.24. The number of nitrogens with two attached hydrogens (primary N) is 1. The molecule has 0 unspecified atom stereocenters. The Hall–Kier alpha value is -0.820. The van der Waals surface area contributed by atoms with Gasteiger partial charge in [0, 0.05) is 23.2 Å². The first-order valence-electron chi connectivity index (χ1n) is 5.38. The number of hydrogen-bond donors (Lipinski definition) is 2. The van der Waals surface area contributed by atoms with Crippen molar-refractivity contribution < 1.29 is 13.2 Å². The van der Waals surface area contributed by atoms with Crippen molar-refractivity contribution in [2.45, 2.75) is 31.3 Å². The Morgan fingerprint density at radius 3 is 2.50 bits per heavy atom. The summed E-state index contributed by atoms with van der Waals surface area (Å²) in [4.78, 5) is -0.0990. The molecule has 7 heteroatoms. The fourth-order valence-electron chi connectivity index (χ4n) is 1.51. The van der Waals surface area contributed by atoms with Gasteiger partial charge in [0.1, 0.15) is 10.6 Å². The van der Waals surface area contributed by atoms with Crippen LogP contribution in [0.25, 0.3) is 0 Å². The minimum Gasteiger partial charge on any atom is -0.495 e. The van der Waals surface area contributed by atoms with Gasteiger partial charge in [-0.2, -0.15) is 0 Å². The first-order valence-corrected chi connectivity index (χ1v) is 7.30. The van der Waals surface area contributed by atoms with Gasteiger partial charge in [-0.15, -0.1) is 0 Å². The number of benzene rings is 1. The Labute approximate surface area is 112 Å². The molecule has 0 atom stereocenters. The van der Waals surface area contributed by atoms with Crippen LogP contribution in [0.3, 0.4) is 0 Å². The van der Waals surface area contributed by atoms with Gasteiger partial charge >= 0.3 is 0 Å². The number of halogens is 1. The maximum atomic E-state index is 11.5. The van der Waals surface area contributed by atoms with Crippen LogP contribution in [0.5, 0.6) is 5.75 Å². The molecule has 1 rings (SSSR count). The molecule has 1 aromatic rings. The molecule has 0 spiro atoms. The lowest BCUT2D eigenvalue weighted by atomic mass is 10.2. The molecule has 0 aliphatic carbocycles. The molecule has 0 heterocycles. The summed E-state index contributed by atoms with van der Waals surface area (Å²) in [5, 5.41) is 8.61. The zero-order valence-electron chi connectivity index (χ0n) is 10.5. The number of hydrogen-bond acceptors (Lipinski definition) is 4. The van der Waals surface area contributed by atoms with Crippen LogP contribution in [0, 0.1) is 0 Å². The molecule has 0 saturated carbocycles. The van der Waals surface area contributed by atoms with Crippen molar-refractivity contribution in [1.29, 1.82) is 0 Å². The van der Waals surface area contributed by atoms with Crippen molar-refractivity contribution in [1.82, 2.24) is 5.32 Å². The number of methoxy groups -OCH3 is 1. The lowest BCUT2D eigenvalue weighted by Crippen LogP contribution is -2.23. The number of primary sulfonamides is 1. The Morgan fingerprint density at radius 2 is 2.06 bits per heavy atom. The molecule has 0 fully saturated rings. The van der Waals surface area contributed by atoms with Crippen LogP contribution in [0.4, 0.5) is 0 Å². The molecule has 1 aromatic carbocycles. The summed E-state index contributed by atoms with van der Waals surface area (Å²) in [5.41, 5.74) is 0.655. The summed E-state index contributed by atoms with van der Waals surface area (Å²) in [7, 11) is -2.47. The summed E-state index contributed by atoms with van der Waals surface area (Å²) in [5.74, 6) is 0.232. The molecular formula is C11H17ClN2O3S. The minimum atomic E-state index is -3.87. The fourth-order valence-corrected chi connectivity index (χ4v) is 2.58. The van der Waals surface area contributed by atoms with Gasteiger partial charge in [-0.3, -0.25) is 0 Å². The summed E-state index contributed by atoms with van der Waals surface area (Å²) >= 11 is 5.90. The van der Waals surface area contributed by atoms with Crippen LogP contribution in [0.2, 0.25) is 5.02 Å². The summed E-state index contributed by atoms with van der Waals surface area (Å²) in [6.45, 7) is 4.42. The van der Waals surface area contributed by atoms with Crippen molar-refractivity contribution in [3.05, 3.63) is 22.7 Å². The molecule has 3 N–H and O–H groups in total. The smallest absolute Gasteiger partial charge is 0.241 e. The predicted molar refractivity (Wildman–Crippen MR) is 71.4 cm³/mol. The van der Waals surface area contributed by atoms with E-state index in [9.17, 15) is 8.42 Å². The molecule has 102 valence electrons. The molecule has 0 aliphatic rings. The first kappa shape index (κ1) is 15.2. The Morgan fingerprint density at radius 1 is 1.44 bits per heavy atom. The van der Waals surface area contributed by atoms with Crippen LogP contribution in [0.1, 0.15) is 19.4 Å². The highest BCUT2D eigenvalue weighted by Crippen LogP contribution is 2.31. The van der Waals surface area contributed by atoms with Crippen molar-refractivity contribution in [2.75, 3.05) is 7.11 Å². The Balaban J connectivity index is 3.29. The van der Waals surface area contributed by atoms with Gasteiger partial charge in [0.25, 0.3) is 0 Å². The van der Waals surface area contributed by atoms with E-state index in [0.29, 0.717) is 17.1 Å². The Bertz CT molecular complexity index is 529. The summed E-state index contributed by atoms with van der Waals surface area (Å²) in [6, 6.07) is 3.20. The molecule has 0 aliphatic heterocycles. The molecule has 0 radical (unpaired) electrons. The third-order valence-corrected chi connectivity index (χ3v) is 3.44. The number of rotatable bonds is 5. The van der Waals surface area contributed by atoms with Crippen LogP contribution < -0.4 is 15.2 Å². The van der Waals surface area contributed by atoms with Crippen molar-refractivity contribution in [2.24, 2.45) is 5.14 Å². The predicted octanol–water partition coefficient (Wildman–Crippen LogP) is 1.49. The van der Waals surface area contributed by atoms with Crippen molar-refractivity contribution in [3.63, 3.8) is 0 Å². The maximum absolute atomic E-state index is 11.5. The quantitative estimate of drug-likeness (QED) is 0.861. The maximum Gasteiger partial charge on any atom is 0.241 e. The highest BCUT2D eigenvalue weighted by Gasteiger charge is 2.19. The number of sulfonamides is 1. The molecular weight excluding hydrogens is 276 g/mol. The van der Waals surface area contributed by atoms with Crippen molar-refractivity contribution in [3.8, 4) is 5.75 Å². The van der Waals surface area contributed by atoms with Gasteiger partial charge in [-0.1, -0.05) is 25.4 Å². The van der Waals surface area contributed by atoms with Crippen LogP contribution in [-0.2, 0) is 16.6 Å². The summed E-state index contributed by atoms with van der Waals surface area (Å²) in [6.07, 6.45) is 0. The fraction of sp³-hybridized carbons (Fsp3) is 0.455. The molecule has 5 nitrogen and oxygen atoms in total. The van der Waals surface area contributed by atoms with E-state index < -0.39 is 10.0 Å². The Kier molecular flexibility index (Phi) is 4.98. The monoisotopic (exact) mass is 292 g/mol. The van der Waals surface area contributed by atoms with E-state index in [1.807, 2.05) is 13.8 Å². The lowest BCUT2D eigenvalue weighted by molar-refractivity contribution is 0.394. The van der Waals surface area contributed by atoms with Gasteiger partial charge in [0.05, 0.1) is 7.11 Å².